The number of rotatable bonds is 7. The lowest BCUT2D eigenvalue weighted by Gasteiger charge is -2.32. The van der Waals surface area contributed by atoms with Crippen LogP contribution < -0.4 is 4.74 Å². The van der Waals surface area contributed by atoms with Crippen LogP contribution >= 0.6 is 0 Å². The Morgan fingerprint density at radius 2 is 1.56 bits per heavy atom. The van der Waals surface area contributed by atoms with Crippen LogP contribution in [0.1, 0.15) is 44.6 Å². The molecule has 1 aliphatic rings. The molecule has 0 unspecified atom stereocenters. The number of alkyl halides is 5. The molecule has 1 fully saturated rings. The second-order valence-corrected chi connectivity index (χ2v) is 6.54. The van der Waals surface area contributed by atoms with E-state index in [2.05, 4.69) is 11.7 Å². The summed E-state index contributed by atoms with van der Waals surface area (Å²) in [4.78, 5) is 0. The summed E-state index contributed by atoms with van der Waals surface area (Å²) in [5.74, 6) is -0.282. The minimum atomic E-state index is -4.39. The third-order valence-electron chi connectivity index (χ3n) is 4.61. The molecule has 0 amide bonds. The van der Waals surface area contributed by atoms with Crippen molar-refractivity contribution in [2.24, 2.45) is 11.8 Å². The number of benzene rings is 1. The van der Waals surface area contributed by atoms with E-state index in [-0.39, 0.29) is 12.4 Å². The highest BCUT2D eigenvalue weighted by Crippen LogP contribution is 2.40. The molecule has 1 aliphatic carbocycles. The molecule has 7 heteroatoms. The lowest BCUT2D eigenvalue weighted by atomic mass is 9.80. The molecule has 0 atom stereocenters. The maximum Gasteiger partial charge on any atom is 0.411 e. The summed E-state index contributed by atoms with van der Waals surface area (Å²) in [5, 5.41) is 0. The maximum atomic E-state index is 14.3. The Labute approximate surface area is 144 Å². The van der Waals surface area contributed by atoms with E-state index in [0.29, 0.717) is 24.3 Å². The van der Waals surface area contributed by atoms with Crippen molar-refractivity contribution in [1.82, 2.24) is 0 Å². The number of ether oxygens (including phenoxy) is 2. The SMILES string of the molecule is CCC1CCC(C(F)(F)Oc2ccc(COCC(F)(F)F)cc2)CC1. The summed E-state index contributed by atoms with van der Waals surface area (Å²) in [6, 6.07) is 5.52. The summed E-state index contributed by atoms with van der Waals surface area (Å²) in [6.45, 7) is 0.487. The van der Waals surface area contributed by atoms with Crippen LogP contribution in [-0.2, 0) is 11.3 Å². The summed E-state index contributed by atoms with van der Waals surface area (Å²) < 4.78 is 74.0. The fraction of sp³-hybridized carbons (Fsp3) is 0.667. The molecule has 0 N–H and O–H groups in total. The Bertz CT molecular complexity index is 519. The van der Waals surface area contributed by atoms with E-state index in [1.165, 1.54) is 24.3 Å². The van der Waals surface area contributed by atoms with Crippen molar-refractivity contribution < 1.29 is 31.4 Å². The Hall–Kier alpha value is -1.37. The predicted molar refractivity (Wildman–Crippen MR) is 83.5 cm³/mol. The van der Waals surface area contributed by atoms with Gasteiger partial charge in [-0.15, -0.1) is 0 Å². The molecule has 0 heterocycles. The second kappa shape index (κ2) is 8.34. The Morgan fingerprint density at radius 3 is 2.08 bits per heavy atom. The summed E-state index contributed by atoms with van der Waals surface area (Å²) >= 11 is 0. The van der Waals surface area contributed by atoms with Crippen molar-refractivity contribution >= 4 is 0 Å². The van der Waals surface area contributed by atoms with Crippen LogP contribution in [0.4, 0.5) is 22.0 Å². The van der Waals surface area contributed by atoms with Crippen molar-refractivity contribution in [3.8, 4) is 5.75 Å². The fourth-order valence-electron chi connectivity index (χ4n) is 3.09. The molecule has 0 aliphatic heterocycles. The summed E-state index contributed by atoms with van der Waals surface area (Å²) in [6.07, 6.45) is -4.17. The normalized spacial score (nSPS) is 22.0. The lowest BCUT2D eigenvalue weighted by Crippen LogP contribution is -2.37. The third kappa shape index (κ3) is 6.45. The first-order chi connectivity index (χ1) is 11.7. The molecular formula is C18H23F5O2. The molecule has 0 spiro atoms. The van der Waals surface area contributed by atoms with E-state index in [4.69, 9.17) is 4.74 Å². The first kappa shape index (κ1) is 19.9. The Balaban J connectivity index is 1.85. The maximum absolute atomic E-state index is 14.3. The van der Waals surface area contributed by atoms with Crippen LogP contribution in [0.15, 0.2) is 24.3 Å². The van der Waals surface area contributed by atoms with Crippen LogP contribution in [0, 0.1) is 11.8 Å². The van der Waals surface area contributed by atoms with Crippen molar-refractivity contribution in [2.75, 3.05) is 6.61 Å². The van der Waals surface area contributed by atoms with Crippen molar-refractivity contribution in [1.29, 1.82) is 0 Å². The van der Waals surface area contributed by atoms with Gasteiger partial charge in [0.25, 0.3) is 0 Å². The minimum absolute atomic E-state index is 0.00202. The zero-order valence-corrected chi connectivity index (χ0v) is 14.1. The largest absolute Gasteiger partial charge is 0.432 e. The average molecular weight is 366 g/mol. The third-order valence-corrected chi connectivity index (χ3v) is 4.61. The summed E-state index contributed by atoms with van der Waals surface area (Å²) in [5.41, 5.74) is 0.461. The standard InChI is InChI=1S/C18H23F5O2/c1-2-13-3-7-15(8-4-13)18(22,23)25-16-9-5-14(6-10-16)11-24-12-17(19,20)21/h5-6,9-10,13,15H,2-4,7-8,11-12H2,1H3. The quantitative estimate of drug-likeness (QED) is 0.555. The first-order valence-corrected chi connectivity index (χ1v) is 8.50. The molecule has 1 aromatic rings. The average Bonchev–Trinajstić information content (AvgIpc) is 2.55. The zero-order chi connectivity index (χ0) is 18.5. The van der Waals surface area contributed by atoms with Gasteiger partial charge in [-0.25, -0.2) is 0 Å². The monoisotopic (exact) mass is 366 g/mol. The summed E-state index contributed by atoms with van der Waals surface area (Å²) in [7, 11) is 0. The van der Waals surface area contributed by atoms with Gasteiger partial charge in [-0.05, 0) is 49.3 Å². The second-order valence-electron chi connectivity index (χ2n) is 6.54. The lowest BCUT2D eigenvalue weighted by molar-refractivity contribution is -0.223. The van der Waals surface area contributed by atoms with Gasteiger partial charge in [0.15, 0.2) is 0 Å². The molecule has 25 heavy (non-hydrogen) atoms. The molecule has 1 aromatic carbocycles. The first-order valence-electron chi connectivity index (χ1n) is 8.50. The van der Waals surface area contributed by atoms with Crippen molar-refractivity contribution in [2.45, 2.75) is 57.9 Å². The molecule has 0 radical (unpaired) electrons. The fourth-order valence-corrected chi connectivity index (χ4v) is 3.09. The number of hydrogen-bond donors (Lipinski definition) is 0. The highest BCUT2D eigenvalue weighted by Gasteiger charge is 2.43. The van der Waals surface area contributed by atoms with E-state index in [1.54, 1.807) is 0 Å². The van der Waals surface area contributed by atoms with E-state index >= 15 is 0 Å². The Kier molecular flexibility index (Phi) is 6.65. The van der Waals surface area contributed by atoms with Gasteiger partial charge in [-0.2, -0.15) is 22.0 Å². The van der Waals surface area contributed by atoms with Crippen LogP contribution in [0.5, 0.6) is 5.75 Å². The van der Waals surface area contributed by atoms with Gasteiger partial charge >= 0.3 is 12.3 Å². The number of halogens is 5. The molecular weight excluding hydrogens is 343 g/mol. The van der Waals surface area contributed by atoms with Gasteiger partial charge in [0.1, 0.15) is 12.4 Å². The molecule has 2 nitrogen and oxygen atoms in total. The van der Waals surface area contributed by atoms with E-state index in [0.717, 1.165) is 19.3 Å². The van der Waals surface area contributed by atoms with E-state index in [1.807, 2.05) is 0 Å². The van der Waals surface area contributed by atoms with Crippen molar-refractivity contribution in [3.05, 3.63) is 29.8 Å². The molecule has 0 saturated heterocycles. The van der Waals surface area contributed by atoms with E-state index in [9.17, 15) is 22.0 Å². The van der Waals surface area contributed by atoms with Gasteiger partial charge in [0.05, 0.1) is 12.5 Å². The highest BCUT2D eigenvalue weighted by atomic mass is 19.4. The van der Waals surface area contributed by atoms with Gasteiger partial charge in [0, 0.05) is 0 Å². The predicted octanol–water partition coefficient (Wildman–Crippen LogP) is 5.95. The van der Waals surface area contributed by atoms with Gasteiger partial charge < -0.3 is 9.47 Å². The zero-order valence-electron chi connectivity index (χ0n) is 14.1. The number of hydrogen-bond acceptors (Lipinski definition) is 2. The van der Waals surface area contributed by atoms with Gasteiger partial charge in [-0.3, -0.25) is 0 Å². The van der Waals surface area contributed by atoms with Gasteiger partial charge in [-0.1, -0.05) is 25.5 Å². The van der Waals surface area contributed by atoms with Crippen LogP contribution in [0.2, 0.25) is 0 Å². The van der Waals surface area contributed by atoms with Gasteiger partial charge in [0.2, 0.25) is 0 Å². The topological polar surface area (TPSA) is 18.5 Å². The van der Waals surface area contributed by atoms with Crippen LogP contribution in [-0.4, -0.2) is 18.9 Å². The molecule has 0 aromatic heterocycles. The highest BCUT2D eigenvalue weighted by molar-refractivity contribution is 5.27. The Morgan fingerprint density at radius 1 is 0.960 bits per heavy atom. The van der Waals surface area contributed by atoms with Crippen LogP contribution in [0.3, 0.4) is 0 Å². The minimum Gasteiger partial charge on any atom is -0.432 e. The molecule has 2 rings (SSSR count). The molecule has 142 valence electrons. The molecule has 1 saturated carbocycles. The van der Waals surface area contributed by atoms with Crippen LogP contribution in [0.25, 0.3) is 0 Å². The van der Waals surface area contributed by atoms with Crippen molar-refractivity contribution in [3.63, 3.8) is 0 Å². The smallest absolute Gasteiger partial charge is 0.411 e. The molecule has 0 bridgehead atoms. The van der Waals surface area contributed by atoms with E-state index < -0.39 is 24.8 Å².